The number of carbonyl (C=O) groups is 2. The summed E-state index contributed by atoms with van der Waals surface area (Å²) in [4.78, 5) is 25.1. The minimum absolute atomic E-state index is 0.0506. The molecule has 17 heavy (non-hydrogen) atoms. The summed E-state index contributed by atoms with van der Waals surface area (Å²) in [6.45, 7) is 5.53. The van der Waals surface area contributed by atoms with E-state index in [2.05, 4.69) is 0 Å². The van der Waals surface area contributed by atoms with Crippen LogP contribution in [0, 0.1) is 17.8 Å². The van der Waals surface area contributed by atoms with Gasteiger partial charge in [0, 0.05) is 12.5 Å². The molecule has 4 heteroatoms. The molecule has 0 aliphatic heterocycles. The average Bonchev–Trinajstić information content (AvgIpc) is 2.73. The van der Waals surface area contributed by atoms with Crippen molar-refractivity contribution < 1.29 is 14.7 Å². The molecule has 0 bridgehead atoms. The predicted molar refractivity (Wildman–Crippen MR) is 63.4 cm³/mol. The smallest absolute Gasteiger partial charge is 0.329 e. The molecular weight excluding hydrogens is 218 g/mol. The Morgan fingerprint density at radius 3 is 2.24 bits per heavy atom. The molecule has 2 rings (SSSR count). The minimum Gasteiger partial charge on any atom is -0.480 e. The summed E-state index contributed by atoms with van der Waals surface area (Å²) in [5.41, 5.74) is -1.09. The van der Waals surface area contributed by atoms with Gasteiger partial charge in [-0.3, -0.25) is 4.79 Å². The Labute approximate surface area is 102 Å². The standard InChI is InChI=1S/C13H21NO3/c1-4-14(13(2,3)12(16)17)11(15)10-8-6-5-7-9(8)10/h8-10H,4-7H2,1-3H3,(H,16,17). The van der Waals surface area contributed by atoms with Crippen LogP contribution in [0.5, 0.6) is 0 Å². The topological polar surface area (TPSA) is 57.6 Å². The van der Waals surface area contributed by atoms with Crippen LogP contribution in [0.3, 0.4) is 0 Å². The van der Waals surface area contributed by atoms with Gasteiger partial charge in [-0.1, -0.05) is 6.42 Å². The molecule has 0 aromatic heterocycles. The van der Waals surface area contributed by atoms with Gasteiger partial charge in [-0.15, -0.1) is 0 Å². The van der Waals surface area contributed by atoms with Crippen molar-refractivity contribution in [1.82, 2.24) is 4.90 Å². The first-order valence-electron chi connectivity index (χ1n) is 6.46. The van der Waals surface area contributed by atoms with Crippen molar-refractivity contribution in [3.05, 3.63) is 0 Å². The molecule has 4 nitrogen and oxygen atoms in total. The van der Waals surface area contributed by atoms with E-state index in [1.165, 1.54) is 11.3 Å². The Morgan fingerprint density at radius 1 is 1.29 bits per heavy atom. The highest BCUT2D eigenvalue weighted by Gasteiger charge is 2.58. The summed E-state index contributed by atoms with van der Waals surface area (Å²) >= 11 is 0. The lowest BCUT2D eigenvalue weighted by Gasteiger charge is -2.34. The highest BCUT2D eigenvalue weighted by atomic mass is 16.4. The fourth-order valence-electron chi connectivity index (χ4n) is 3.31. The molecule has 2 fully saturated rings. The lowest BCUT2D eigenvalue weighted by Crippen LogP contribution is -2.53. The molecular formula is C13H21NO3. The fraction of sp³-hybridized carbons (Fsp3) is 0.846. The van der Waals surface area contributed by atoms with Gasteiger partial charge in [-0.2, -0.15) is 0 Å². The monoisotopic (exact) mass is 239 g/mol. The molecule has 0 aromatic rings. The summed E-state index contributed by atoms with van der Waals surface area (Å²) in [5, 5.41) is 9.20. The summed E-state index contributed by atoms with van der Waals surface area (Å²) in [6.07, 6.45) is 3.52. The lowest BCUT2D eigenvalue weighted by molar-refractivity contribution is -0.157. The van der Waals surface area contributed by atoms with Crippen LogP contribution in [0.4, 0.5) is 0 Å². The first kappa shape index (κ1) is 12.4. The number of fused-ring (bicyclic) bond motifs is 1. The Balaban J connectivity index is 2.09. The Kier molecular flexibility index (Phi) is 2.92. The second kappa shape index (κ2) is 4.00. The fourth-order valence-corrected chi connectivity index (χ4v) is 3.31. The van der Waals surface area contributed by atoms with Gasteiger partial charge in [0.2, 0.25) is 5.91 Å². The third-order valence-corrected chi connectivity index (χ3v) is 4.47. The number of hydrogen-bond donors (Lipinski definition) is 1. The quantitative estimate of drug-likeness (QED) is 0.813. The van der Waals surface area contributed by atoms with E-state index < -0.39 is 11.5 Å². The summed E-state index contributed by atoms with van der Waals surface area (Å²) in [7, 11) is 0. The number of rotatable bonds is 4. The van der Waals surface area contributed by atoms with Gasteiger partial charge in [0.05, 0.1) is 0 Å². The largest absolute Gasteiger partial charge is 0.480 e. The van der Waals surface area contributed by atoms with Gasteiger partial charge < -0.3 is 10.0 Å². The molecule has 2 saturated carbocycles. The number of carboxylic acids is 1. The van der Waals surface area contributed by atoms with E-state index in [-0.39, 0.29) is 11.8 Å². The lowest BCUT2D eigenvalue weighted by atomic mass is 10.0. The SMILES string of the molecule is CCN(C(=O)C1C2CCCC21)C(C)(C)C(=O)O. The maximum absolute atomic E-state index is 12.4. The highest BCUT2D eigenvalue weighted by Crippen LogP contribution is 2.58. The van der Waals surface area contributed by atoms with Crippen molar-refractivity contribution >= 4 is 11.9 Å². The summed E-state index contributed by atoms with van der Waals surface area (Å²) in [5.74, 6) is 0.317. The van der Waals surface area contributed by atoms with E-state index in [0.29, 0.717) is 18.4 Å². The zero-order chi connectivity index (χ0) is 12.8. The number of likely N-dealkylation sites (N-methyl/N-ethyl adjacent to an activating group) is 1. The number of nitrogens with zero attached hydrogens (tertiary/aromatic N) is 1. The molecule has 0 radical (unpaired) electrons. The van der Waals surface area contributed by atoms with Crippen molar-refractivity contribution in [3.8, 4) is 0 Å². The Morgan fingerprint density at radius 2 is 1.82 bits per heavy atom. The number of hydrogen-bond acceptors (Lipinski definition) is 2. The maximum Gasteiger partial charge on any atom is 0.329 e. The van der Waals surface area contributed by atoms with Gasteiger partial charge >= 0.3 is 5.97 Å². The number of carboxylic acid groups (broad SMARTS) is 1. The molecule has 0 heterocycles. The third-order valence-electron chi connectivity index (χ3n) is 4.47. The Bertz CT molecular complexity index is 341. The van der Waals surface area contributed by atoms with Crippen LogP contribution in [-0.2, 0) is 9.59 Å². The second-order valence-corrected chi connectivity index (χ2v) is 5.73. The Hall–Kier alpha value is -1.06. The van der Waals surface area contributed by atoms with E-state index in [0.717, 1.165) is 12.8 Å². The van der Waals surface area contributed by atoms with E-state index in [9.17, 15) is 14.7 Å². The van der Waals surface area contributed by atoms with Crippen LogP contribution < -0.4 is 0 Å². The zero-order valence-electron chi connectivity index (χ0n) is 10.8. The first-order valence-corrected chi connectivity index (χ1v) is 6.46. The summed E-state index contributed by atoms with van der Waals surface area (Å²) < 4.78 is 0. The normalized spacial score (nSPS) is 30.9. The predicted octanol–water partition coefficient (Wildman–Crippen LogP) is 1.74. The van der Waals surface area contributed by atoms with Crippen molar-refractivity contribution in [2.24, 2.45) is 17.8 Å². The van der Waals surface area contributed by atoms with Gasteiger partial charge in [-0.05, 0) is 45.4 Å². The molecule has 0 spiro atoms. The van der Waals surface area contributed by atoms with Crippen LogP contribution in [-0.4, -0.2) is 34.0 Å². The third kappa shape index (κ3) is 1.83. The molecule has 2 aliphatic carbocycles. The average molecular weight is 239 g/mol. The summed E-state index contributed by atoms with van der Waals surface area (Å²) in [6, 6.07) is 0. The van der Waals surface area contributed by atoms with E-state index >= 15 is 0 Å². The number of amides is 1. The van der Waals surface area contributed by atoms with Crippen molar-refractivity contribution in [1.29, 1.82) is 0 Å². The second-order valence-electron chi connectivity index (χ2n) is 5.73. The zero-order valence-corrected chi connectivity index (χ0v) is 10.8. The van der Waals surface area contributed by atoms with Crippen molar-refractivity contribution in [2.45, 2.75) is 45.6 Å². The van der Waals surface area contributed by atoms with Crippen molar-refractivity contribution in [2.75, 3.05) is 6.54 Å². The van der Waals surface area contributed by atoms with Gasteiger partial charge in [0.15, 0.2) is 0 Å². The number of aliphatic carboxylic acids is 1. The maximum atomic E-state index is 12.4. The first-order chi connectivity index (χ1) is 7.91. The van der Waals surface area contributed by atoms with Gasteiger partial charge in [0.1, 0.15) is 5.54 Å². The minimum atomic E-state index is -1.09. The highest BCUT2D eigenvalue weighted by molar-refractivity contribution is 5.89. The van der Waals surface area contributed by atoms with E-state index in [1.807, 2.05) is 6.92 Å². The van der Waals surface area contributed by atoms with Gasteiger partial charge in [0.25, 0.3) is 0 Å². The molecule has 2 atom stereocenters. The molecule has 1 amide bonds. The molecule has 0 saturated heterocycles. The van der Waals surface area contributed by atoms with E-state index in [1.54, 1.807) is 13.8 Å². The van der Waals surface area contributed by atoms with Crippen LogP contribution in [0.1, 0.15) is 40.0 Å². The molecule has 96 valence electrons. The van der Waals surface area contributed by atoms with Crippen molar-refractivity contribution in [3.63, 3.8) is 0 Å². The van der Waals surface area contributed by atoms with Crippen LogP contribution in [0.15, 0.2) is 0 Å². The molecule has 2 aliphatic rings. The van der Waals surface area contributed by atoms with Crippen LogP contribution in [0.2, 0.25) is 0 Å². The van der Waals surface area contributed by atoms with E-state index in [4.69, 9.17) is 0 Å². The van der Waals surface area contributed by atoms with Crippen LogP contribution in [0.25, 0.3) is 0 Å². The molecule has 1 N–H and O–H groups in total. The van der Waals surface area contributed by atoms with Crippen LogP contribution >= 0.6 is 0 Å². The molecule has 2 unspecified atom stereocenters. The molecule has 0 aromatic carbocycles. The van der Waals surface area contributed by atoms with Gasteiger partial charge in [-0.25, -0.2) is 4.79 Å². The number of carbonyl (C=O) groups excluding carboxylic acids is 1.